The van der Waals surface area contributed by atoms with Crippen molar-refractivity contribution in [1.29, 1.82) is 0 Å². The van der Waals surface area contributed by atoms with Crippen molar-refractivity contribution in [2.75, 3.05) is 30.5 Å². The highest BCUT2D eigenvalue weighted by molar-refractivity contribution is 7.99. The van der Waals surface area contributed by atoms with Crippen molar-refractivity contribution in [3.63, 3.8) is 0 Å². The maximum absolute atomic E-state index is 12.4. The molecule has 0 amide bonds. The Hall–Kier alpha value is -0.890. The Morgan fingerprint density at radius 2 is 2.05 bits per heavy atom. The molecular weight excluding hydrogens is 297 g/mol. The molecule has 0 aliphatic carbocycles. The van der Waals surface area contributed by atoms with Gasteiger partial charge in [-0.1, -0.05) is 6.92 Å². The molecule has 3 nitrogen and oxygen atoms in total. The van der Waals surface area contributed by atoms with E-state index >= 15 is 0 Å². The topological polar surface area (TPSA) is 46.3 Å². The Balaban J connectivity index is 3.17. The number of hydrogen-bond acceptors (Lipinski definition) is 5. The van der Waals surface area contributed by atoms with E-state index in [1.807, 2.05) is 0 Å². The van der Waals surface area contributed by atoms with Gasteiger partial charge in [-0.3, -0.25) is 4.79 Å². The van der Waals surface area contributed by atoms with E-state index in [2.05, 4.69) is 0 Å². The molecule has 0 aliphatic rings. The maximum atomic E-state index is 12.4. The number of nitrogen functional groups attached to an aromatic ring is 1. The van der Waals surface area contributed by atoms with E-state index in [1.165, 1.54) is 18.8 Å². The average Bonchev–Trinajstić information content (AvgIpc) is 2.63. The molecule has 8 heteroatoms. The molecule has 0 aromatic carbocycles. The predicted molar refractivity (Wildman–Crippen MR) is 74.5 cm³/mol. The van der Waals surface area contributed by atoms with Gasteiger partial charge in [0.05, 0.1) is 15.5 Å². The first-order valence-corrected chi connectivity index (χ1v) is 7.52. The minimum Gasteiger partial charge on any atom is -0.396 e. The lowest BCUT2D eigenvalue weighted by molar-refractivity contribution is -0.119. The molecule has 2 N–H and O–H groups in total. The molecule has 0 aliphatic heterocycles. The molecule has 1 rings (SSSR count). The molecule has 1 aromatic rings. The summed E-state index contributed by atoms with van der Waals surface area (Å²) in [5, 5.41) is 0.388. The van der Waals surface area contributed by atoms with Crippen molar-refractivity contribution in [3.8, 4) is 0 Å². The van der Waals surface area contributed by atoms with Crippen LogP contribution < -0.4 is 10.6 Å². The van der Waals surface area contributed by atoms with Gasteiger partial charge in [0, 0.05) is 13.5 Å². The lowest BCUT2D eigenvalue weighted by atomic mass is 10.2. The molecular formula is C11H15F3N2OS2. The summed E-state index contributed by atoms with van der Waals surface area (Å²) in [6.07, 6.45) is -2.29. The lowest BCUT2D eigenvalue weighted by Crippen LogP contribution is -2.30. The summed E-state index contributed by atoms with van der Waals surface area (Å²) in [4.78, 5) is 13.7. The van der Waals surface area contributed by atoms with Gasteiger partial charge in [0.15, 0.2) is 5.78 Å². The predicted octanol–water partition coefficient (Wildman–Crippen LogP) is 3.64. The van der Waals surface area contributed by atoms with Crippen LogP contribution in [0.1, 0.15) is 23.0 Å². The number of halogens is 3. The number of nitrogens with two attached hydrogens (primary N) is 1. The molecule has 0 spiro atoms. The van der Waals surface area contributed by atoms with Crippen molar-refractivity contribution >= 4 is 39.6 Å². The van der Waals surface area contributed by atoms with E-state index in [9.17, 15) is 18.0 Å². The third-order valence-corrected chi connectivity index (χ3v) is 4.74. The lowest BCUT2D eigenvalue weighted by Gasteiger charge is -2.20. The Morgan fingerprint density at radius 3 is 2.47 bits per heavy atom. The third kappa shape index (κ3) is 3.79. The zero-order valence-electron chi connectivity index (χ0n) is 10.8. The standard InChI is InChI=1S/C11H15F3N2OS2/c1-4-6(17)8-7(15)9(18-3)10(19-8)16(2)5-11(12,13)14/h4-5,15H2,1-3H3. The number of rotatable bonds is 5. The molecule has 19 heavy (non-hydrogen) atoms. The zero-order chi connectivity index (χ0) is 14.8. The quantitative estimate of drug-likeness (QED) is 0.666. The highest BCUT2D eigenvalue weighted by Gasteiger charge is 2.32. The van der Waals surface area contributed by atoms with Crippen LogP contribution in [-0.2, 0) is 0 Å². The van der Waals surface area contributed by atoms with Gasteiger partial charge in [-0.05, 0) is 6.26 Å². The van der Waals surface area contributed by atoms with E-state index in [1.54, 1.807) is 13.2 Å². The van der Waals surface area contributed by atoms with Gasteiger partial charge < -0.3 is 10.6 Å². The number of hydrogen-bond donors (Lipinski definition) is 1. The number of carbonyl (C=O) groups excluding carboxylic acids is 1. The normalized spacial score (nSPS) is 11.7. The van der Waals surface area contributed by atoms with E-state index in [-0.39, 0.29) is 17.9 Å². The molecule has 1 aromatic heterocycles. The second-order valence-electron chi connectivity index (χ2n) is 3.93. The monoisotopic (exact) mass is 312 g/mol. The van der Waals surface area contributed by atoms with Gasteiger partial charge in [0.2, 0.25) is 0 Å². The van der Waals surface area contributed by atoms with Crippen molar-refractivity contribution < 1.29 is 18.0 Å². The van der Waals surface area contributed by atoms with Gasteiger partial charge in [-0.25, -0.2) is 0 Å². The largest absolute Gasteiger partial charge is 0.405 e. The highest BCUT2D eigenvalue weighted by Crippen LogP contribution is 2.44. The van der Waals surface area contributed by atoms with Gasteiger partial charge in [0.1, 0.15) is 11.5 Å². The summed E-state index contributed by atoms with van der Waals surface area (Å²) in [6.45, 7) is 0.625. The summed E-state index contributed by atoms with van der Waals surface area (Å²) >= 11 is 2.27. The van der Waals surface area contributed by atoms with Crippen molar-refractivity contribution in [3.05, 3.63) is 4.88 Å². The smallest absolute Gasteiger partial charge is 0.396 e. The second-order valence-corrected chi connectivity index (χ2v) is 5.75. The van der Waals surface area contributed by atoms with E-state index in [4.69, 9.17) is 5.73 Å². The van der Waals surface area contributed by atoms with Crippen LogP contribution in [0, 0.1) is 0 Å². The van der Waals surface area contributed by atoms with Gasteiger partial charge in [-0.2, -0.15) is 13.2 Å². The van der Waals surface area contributed by atoms with Crippen LogP contribution >= 0.6 is 23.1 Å². The molecule has 0 saturated carbocycles. The van der Waals surface area contributed by atoms with E-state index in [0.717, 1.165) is 16.2 Å². The number of thioether (sulfide) groups is 1. The van der Waals surface area contributed by atoms with E-state index < -0.39 is 12.7 Å². The Bertz CT molecular complexity index is 471. The van der Waals surface area contributed by atoms with Crippen LogP contribution in [0.3, 0.4) is 0 Å². The third-order valence-electron chi connectivity index (χ3n) is 2.42. The fourth-order valence-electron chi connectivity index (χ4n) is 1.57. The number of nitrogens with zero attached hydrogens (tertiary/aromatic N) is 1. The van der Waals surface area contributed by atoms with E-state index in [0.29, 0.717) is 14.8 Å². The summed E-state index contributed by atoms with van der Waals surface area (Å²) in [5.41, 5.74) is 6.14. The molecule has 0 unspecified atom stereocenters. The first-order valence-electron chi connectivity index (χ1n) is 5.48. The summed E-state index contributed by atoms with van der Waals surface area (Å²) in [5.74, 6) is -0.149. The number of anilines is 2. The van der Waals surface area contributed by atoms with Crippen molar-refractivity contribution in [2.45, 2.75) is 24.4 Å². The average molecular weight is 312 g/mol. The Kier molecular flexibility index (Phi) is 5.14. The fourth-order valence-corrected chi connectivity index (χ4v) is 3.75. The van der Waals surface area contributed by atoms with Crippen molar-refractivity contribution in [2.24, 2.45) is 0 Å². The van der Waals surface area contributed by atoms with Gasteiger partial charge in [0.25, 0.3) is 0 Å². The number of ketones is 1. The van der Waals surface area contributed by atoms with Gasteiger partial charge in [-0.15, -0.1) is 23.1 Å². The number of Topliss-reactive ketones (excluding diaryl/α,β-unsaturated/α-hetero) is 1. The summed E-state index contributed by atoms with van der Waals surface area (Å²) in [7, 11) is 1.35. The first-order chi connectivity index (χ1) is 8.71. The summed E-state index contributed by atoms with van der Waals surface area (Å²) < 4.78 is 37.3. The van der Waals surface area contributed by atoms with Gasteiger partial charge >= 0.3 is 6.18 Å². The molecule has 0 atom stereocenters. The van der Waals surface area contributed by atoms with Crippen LogP contribution in [0.4, 0.5) is 23.9 Å². The minimum atomic E-state index is -4.29. The molecule has 108 valence electrons. The van der Waals surface area contributed by atoms with Crippen LogP contribution in [0.25, 0.3) is 0 Å². The molecule has 0 bridgehead atoms. The SMILES string of the molecule is CCC(=O)c1sc(N(C)CC(F)(F)F)c(SC)c1N. The molecule has 1 heterocycles. The minimum absolute atomic E-state index is 0.149. The molecule has 0 radical (unpaired) electrons. The summed E-state index contributed by atoms with van der Waals surface area (Å²) in [6, 6.07) is 0. The fraction of sp³-hybridized carbons (Fsp3) is 0.545. The second kappa shape index (κ2) is 6.04. The Labute approximate surface area is 118 Å². The highest BCUT2D eigenvalue weighted by atomic mass is 32.2. The molecule has 0 saturated heterocycles. The zero-order valence-corrected chi connectivity index (χ0v) is 12.4. The number of alkyl halides is 3. The van der Waals surface area contributed by atoms with Crippen LogP contribution in [0.2, 0.25) is 0 Å². The van der Waals surface area contributed by atoms with Crippen LogP contribution in [-0.4, -0.2) is 31.8 Å². The number of carbonyl (C=O) groups is 1. The van der Waals surface area contributed by atoms with Crippen LogP contribution in [0.5, 0.6) is 0 Å². The number of thiophene rings is 1. The molecule has 0 fully saturated rings. The Morgan fingerprint density at radius 1 is 1.47 bits per heavy atom. The van der Waals surface area contributed by atoms with Crippen LogP contribution in [0.15, 0.2) is 4.90 Å². The maximum Gasteiger partial charge on any atom is 0.405 e. The van der Waals surface area contributed by atoms with Crippen molar-refractivity contribution in [1.82, 2.24) is 0 Å². The first kappa shape index (κ1) is 16.2.